The molecule has 6 rings (SSSR count). The molecule has 1 atom stereocenters. The summed E-state index contributed by atoms with van der Waals surface area (Å²) < 4.78 is 0. The minimum atomic E-state index is -0.649. The van der Waals surface area contributed by atoms with Gasteiger partial charge in [-0.1, -0.05) is 82.0 Å². The molecule has 0 fully saturated rings. The minimum absolute atomic E-state index is 0. The quantitative estimate of drug-likeness (QED) is 0.228. The van der Waals surface area contributed by atoms with Crippen molar-refractivity contribution in [1.29, 1.82) is 0 Å². The average molecular weight is 532 g/mol. The van der Waals surface area contributed by atoms with Gasteiger partial charge in [-0.2, -0.15) is 0 Å². The fourth-order valence-electron chi connectivity index (χ4n) is 5.84. The molecule has 2 heterocycles. The van der Waals surface area contributed by atoms with Crippen molar-refractivity contribution >= 4 is 16.5 Å². The highest BCUT2D eigenvalue weighted by atomic mass is 16.1. The second-order valence-electron chi connectivity index (χ2n) is 9.77. The first-order valence-corrected chi connectivity index (χ1v) is 13.7. The van der Waals surface area contributed by atoms with Crippen molar-refractivity contribution in [3.63, 3.8) is 0 Å². The lowest BCUT2D eigenvalue weighted by Gasteiger charge is -2.33. The third kappa shape index (κ3) is 4.72. The van der Waals surface area contributed by atoms with Gasteiger partial charge in [0.1, 0.15) is 0 Å². The number of nitrogens with one attached hydrogen (secondary N) is 1. The van der Waals surface area contributed by atoms with Crippen LogP contribution in [0.1, 0.15) is 57.0 Å². The van der Waals surface area contributed by atoms with Crippen LogP contribution in [-0.4, -0.2) is 9.97 Å². The lowest BCUT2D eigenvalue weighted by atomic mass is 9.69. The predicted molar refractivity (Wildman–Crippen MR) is 173 cm³/mol. The van der Waals surface area contributed by atoms with E-state index in [1.165, 1.54) is 16.7 Å². The van der Waals surface area contributed by atoms with Crippen LogP contribution in [0.5, 0.6) is 0 Å². The van der Waals surface area contributed by atoms with E-state index in [0.29, 0.717) is 0 Å². The molecule has 4 nitrogen and oxygen atoms in total. The molecule has 0 saturated carbocycles. The van der Waals surface area contributed by atoms with Gasteiger partial charge in [0.25, 0.3) is 0 Å². The summed E-state index contributed by atoms with van der Waals surface area (Å²) in [6.45, 7) is 15.1. The van der Waals surface area contributed by atoms with Gasteiger partial charge in [-0.05, 0) is 87.2 Å². The van der Waals surface area contributed by atoms with E-state index in [0.717, 1.165) is 57.1 Å². The highest BCUT2D eigenvalue weighted by Crippen LogP contribution is 2.43. The summed E-state index contributed by atoms with van der Waals surface area (Å²) in [7, 11) is 0. The van der Waals surface area contributed by atoms with E-state index >= 15 is 0 Å². The van der Waals surface area contributed by atoms with Gasteiger partial charge >= 0.3 is 0 Å². The van der Waals surface area contributed by atoms with E-state index < -0.39 is 5.41 Å². The highest BCUT2D eigenvalue weighted by molar-refractivity contribution is 5.95. The molecule has 206 valence electrons. The Morgan fingerprint density at radius 2 is 1.73 bits per heavy atom. The number of aryl methyl sites for hydroxylation is 1. The topological polar surface area (TPSA) is 80.8 Å². The number of allylic oxidation sites excluding steroid dienone is 2. The summed E-state index contributed by atoms with van der Waals surface area (Å²) in [6, 6.07) is 27.3. The van der Waals surface area contributed by atoms with Crippen molar-refractivity contribution in [2.75, 3.05) is 0 Å². The van der Waals surface area contributed by atoms with Crippen molar-refractivity contribution in [3.8, 4) is 11.1 Å². The normalized spacial score (nSPS) is 15.5. The van der Waals surface area contributed by atoms with Crippen LogP contribution in [0, 0.1) is 0 Å². The van der Waals surface area contributed by atoms with Gasteiger partial charge in [-0.15, -0.1) is 6.58 Å². The molecule has 2 aromatic heterocycles. The molecule has 1 aliphatic carbocycles. The first-order chi connectivity index (χ1) is 19.0. The Balaban J connectivity index is 0.00000121. The van der Waals surface area contributed by atoms with Crippen molar-refractivity contribution in [1.82, 2.24) is 16.1 Å². The van der Waals surface area contributed by atoms with Crippen molar-refractivity contribution in [3.05, 3.63) is 154 Å². The molecule has 6 bridgehead atoms. The fraction of sp³-hybridized carbons (Fsp3) is 0.167. The molecule has 0 saturated heterocycles. The molecular formula is C36H41N3O. The molecule has 0 spiro atoms. The van der Waals surface area contributed by atoms with Crippen LogP contribution in [0.15, 0.2) is 115 Å². The van der Waals surface area contributed by atoms with Crippen LogP contribution < -0.4 is 11.7 Å². The Morgan fingerprint density at radius 1 is 0.950 bits per heavy atom. The smallest absolute Gasteiger partial charge is 0.249 e. The van der Waals surface area contributed by atoms with Gasteiger partial charge < -0.3 is 11.1 Å². The zero-order chi connectivity index (χ0) is 27.6. The van der Waals surface area contributed by atoms with Crippen molar-refractivity contribution in [2.24, 2.45) is 0 Å². The largest absolute Gasteiger partial charge is 0.344 e. The fourth-order valence-corrected chi connectivity index (χ4v) is 5.84. The van der Waals surface area contributed by atoms with Gasteiger partial charge in [0.2, 0.25) is 5.56 Å². The van der Waals surface area contributed by atoms with Gasteiger partial charge in [0.15, 0.2) is 0 Å². The van der Waals surface area contributed by atoms with Crippen LogP contribution in [0.4, 0.5) is 0 Å². The first-order valence-electron chi connectivity index (χ1n) is 13.7. The maximum absolute atomic E-state index is 12.7. The number of aromatic nitrogens is 2. The number of aromatic amines is 1. The zero-order valence-electron chi connectivity index (χ0n) is 23.6. The number of hydrogen-bond acceptors (Lipinski definition) is 3. The van der Waals surface area contributed by atoms with Crippen LogP contribution in [-0.2, 0) is 18.3 Å². The third-order valence-corrected chi connectivity index (χ3v) is 7.70. The average Bonchev–Trinajstić information content (AvgIpc) is 2.99. The molecular weight excluding hydrogens is 490 g/mol. The molecule has 4 N–H and O–H groups in total. The molecule has 3 aromatic carbocycles. The minimum Gasteiger partial charge on any atom is -0.344 e. The third-order valence-electron chi connectivity index (χ3n) is 7.70. The van der Waals surface area contributed by atoms with E-state index in [4.69, 9.17) is 0 Å². The maximum Gasteiger partial charge on any atom is 0.249 e. The van der Waals surface area contributed by atoms with Gasteiger partial charge in [0, 0.05) is 32.2 Å². The lowest BCUT2D eigenvalue weighted by molar-refractivity contribution is 0.774. The molecule has 1 aliphatic rings. The number of nitrogens with zero attached hydrogens (tertiary/aromatic N) is 1. The zero-order valence-corrected chi connectivity index (χ0v) is 23.6. The molecule has 0 aliphatic heterocycles. The number of hydrogen-bond donors (Lipinski definition) is 2. The molecule has 1 unspecified atom stereocenters. The van der Waals surface area contributed by atoms with Crippen molar-refractivity contribution < 1.29 is 2.85 Å². The lowest BCUT2D eigenvalue weighted by Crippen LogP contribution is -2.27. The Labute approximate surface area is 239 Å². The van der Waals surface area contributed by atoms with E-state index in [1.807, 2.05) is 38.3 Å². The Morgan fingerprint density at radius 3 is 2.45 bits per heavy atom. The summed E-state index contributed by atoms with van der Waals surface area (Å²) >= 11 is 0. The summed E-state index contributed by atoms with van der Waals surface area (Å²) in [5.74, 6) is 0. The standard InChI is InChI=1S/C34H28N2O.C2H6.H3N.2H2/c1-4-24-11-12-26-18-29(24)22(3)16-23-8-6-9-25(17-23)30-20-33(37)36-32-14-13-27(19-31(30)32)34(26,5-2)28-10-7-15-35-21-28;1-2;;;/h5-15,17-21H,2-4,16H2,1H3,(H,36,37);1-2H3;1H3;2*1H. The highest BCUT2D eigenvalue weighted by Gasteiger charge is 2.35. The summed E-state index contributed by atoms with van der Waals surface area (Å²) in [6.07, 6.45) is 7.38. The Hall–Kier alpha value is -4.54. The summed E-state index contributed by atoms with van der Waals surface area (Å²) in [5, 5.41) is 0.993. The number of pyridine rings is 2. The molecule has 4 heteroatoms. The van der Waals surface area contributed by atoms with E-state index in [1.54, 1.807) is 12.3 Å². The molecule has 5 aromatic rings. The van der Waals surface area contributed by atoms with Crippen LogP contribution in [0.2, 0.25) is 0 Å². The first kappa shape index (κ1) is 28.5. The Bertz CT molecular complexity index is 1760. The second-order valence-corrected chi connectivity index (χ2v) is 9.77. The maximum atomic E-state index is 12.7. The number of fused-ring (bicyclic) bond motifs is 6. The van der Waals surface area contributed by atoms with Crippen LogP contribution >= 0.6 is 0 Å². The number of benzene rings is 3. The molecule has 0 amide bonds. The van der Waals surface area contributed by atoms with Gasteiger partial charge in [0.05, 0.1) is 5.41 Å². The predicted octanol–water partition coefficient (Wildman–Crippen LogP) is 8.92. The Kier molecular flexibility index (Phi) is 8.32. The van der Waals surface area contributed by atoms with Crippen molar-refractivity contribution in [2.45, 2.75) is 39.0 Å². The number of rotatable bonds is 3. The summed E-state index contributed by atoms with van der Waals surface area (Å²) in [4.78, 5) is 20.2. The van der Waals surface area contributed by atoms with Gasteiger partial charge in [-0.3, -0.25) is 9.78 Å². The second kappa shape index (κ2) is 11.7. The monoisotopic (exact) mass is 531 g/mol. The number of H-pyrrole nitrogens is 1. The van der Waals surface area contributed by atoms with E-state index in [-0.39, 0.29) is 14.6 Å². The molecule has 0 radical (unpaired) electrons. The van der Waals surface area contributed by atoms with E-state index in [9.17, 15) is 4.79 Å². The van der Waals surface area contributed by atoms with Crippen LogP contribution in [0.25, 0.3) is 27.6 Å². The van der Waals surface area contributed by atoms with Crippen LogP contribution in [0.3, 0.4) is 0 Å². The molecule has 40 heavy (non-hydrogen) atoms. The SMILES string of the molecule is C=CC1(c2cccnc2)c2ccc(CC)c(c2)C(=C)Cc2cccc(c2)-c2cc(=O)[nH]c3ccc1cc23.CC.N.[HH].[HH]. The van der Waals surface area contributed by atoms with Gasteiger partial charge in [-0.25, -0.2) is 0 Å². The van der Waals surface area contributed by atoms with E-state index in [2.05, 4.69) is 90.7 Å². The summed E-state index contributed by atoms with van der Waals surface area (Å²) in [5.41, 5.74) is 9.87.